The van der Waals surface area contributed by atoms with E-state index in [0.717, 1.165) is 36.2 Å². The zero-order valence-electron chi connectivity index (χ0n) is 16.6. The largest absolute Gasteiger partial charge is 0.339 e. The van der Waals surface area contributed by atoms with Crippen LogP contribution in [-0.4, -0.2) is 52.8 Å². The molecule has 1 aliphatic heterocycles. The second kappa shape index (κ2) is 7.90. The van der Waals surface area contributed by atoms with E-state index in [2.05, 4.69) is 18.2 Å². The SMILES string of the molecule is O=C(C1CCC1)N1CCN(C(=O)C2CC=CCC2c2nc3ccccc3s2)CC1. The van der Waals surface area contributed by atoms with Crippen molar-refractivity contribution in [1.82, 2.24) is 14.8 Å². The first-order valence-electron chi connectivity index (χ1n) is 10.8. The highest BCUT2D eigenvalue weighted by molar-refractivity contribution is 7.18. The number of thiazole rings is 1. The maximum atomic E-state index is 13.4. The van der Waals surface area contributed by atoms with Crippen molar-refractivity contribution in [2.75, 3.05) is 26.2 Å². The second-order valence-electron chi connectivity index (χ2n) is 8.45. The third-order valence-electron chi connectivity index (χ3n) is 6.73. The van der Waals surface area contributed by atoms with Gasteiger partial charge in [-0.1, -0.05) is 30.7 Å². The summed E-state index contributed by atoms with van der Waals surface area (Å²) in [5.74, 6) is 0.879. The summed E-state index contributed by atoms with van der Waals surface area (Å²) in [5.41, 5.74) is 1.02. The first-order chi connectivity index (χ1) is 14.2. The molecule has 0 N–H and O–H groups in total. The number of allylic oxidation sites excluding steroid dienone is 2. The summed E-state index contributed by atoms with van der Waals surface area (Å²) in [6.07, 6.45) is 9.24. The number of benzene rings is 1. The quantitative estimate of drug-likeness (QED) is 0.724. The lowest BCUT2D eigenvalue weighted by Crippen LogP contribution is -2.54. The first-order valence-corrected chi connectivity index (χ1v) is 11.6. The predicted octanol–water partition coefficient (Wildman–Crippen LogP) is 3.82. The molecule has 0 bridgehead atoms. The fourth-order valence-corrected chi connectivity index (χ4v) is 5.85. The van der Waals surface area contributed by atoms with Crippen molar-refractivity contribution < 1.29 is 9.59 Å². The minimum absolute atomic E-state index is 0.0468. The summed E-state index contributed by atoms with van der Waals surface area (Å²) in [4.78, 5) is 34.7. The standard InChI is InChI=1S/C23H27N3O2S/c27-22(16-6-5-7-16)25-12-14-26(15-13-25)23(28)18-9-2-1-8-17(18)21-24-19-10-3-4-11-20(19)29-21/h1-4,10-11,16-18H,5-9,12-15H2. The summed E-state index contributed by atoms with van der Waals surface area (Å²) in [5, 5.41) is 1.08. The third-order valence-corrected chi connectivity index (χ3v) is 7.90. The van der Waals surface area contributed by atoms with E-state index < -0.39 is 0 Å². The van der Waals surface area contributed by atoms with Gasteiger partial charge in [0.05, 0.1) is 21.1 Å². The predicted molar refractivity (Wildman–Crippen MR) is 115 cm³/mol. The molecular formula is C23H27N3O2S. The van der Waals surface area contributed by atoms with Crippen molar-refractivity contribution >= 4 is 33.4 Å². The molecule has 29 heavy (non-hydrogen) atoms. The van der Waals surface area contributed by atoms with Gasteiger partial charge in [-0.25, -0.2) is 4.98 Å². The average Bonchev–Trinajstić information content (AvgIpc) is 3.16. The lowest BCUT2D eigenvalue weighted by atomic mass is 9.82. The van der Waals surface area contributed by atoms with Gasteiger partial charge in [-0.2, -0.15) is 0 Å². The van der Waals surface area contributed by atoms with Crippen molar-refractivity contribution in [2.45, 2.75) is 38.0 Å². The summed E-state index contributed by atoms with van der Waals surface area (Å²) in [7, 11) is 0. The Labute approximate surface area is 175 Å². The molecule has 2 aromatic rings. The van der Waals surface area contributed by atoms with E-state index in [1.165, 1.54) is 11.1 Å². The van der Waals surface area contributed by atoms with Crippen molar-refractivity contribution in [1.29, 1.82) is 0 Å². The van der Waals surface area contributed by atoms with Crippen molar-refractivity contribution in [3.63, 3.8) is 0 Å². The molecule has 1 aromatic carbocycles. The Morgan fingerprint density at radius 3 is 2.31 bits per heavy atom. The maximum Gasteiger partial charge on any atom is 0.226 e. The number of carbonyl (C=O) groups is 2. The number of piperazine rings is 1. The number of nitrogens with zero attached hydrogens (tertiary/aromatic N) is 3. The van der Waals surface area contributed by atoms with Crippen LogP contribution in [0.3, 0.4) is 0 Å². The molecule has 1 aromatic heterocycles. The van der Waals surface area contributed by atoms with Crippen molar-refractivity contribution in [3.05, 3.63) is 41.4 Å². The average molecular weight is 410 g/mol. The highest BCUT2D eigenvalue weighted by Gasteiger charge is 2.37. The van der Waals surface area contributed by atoms with Gasteiger partial charge < -0.3 is 9.80 Å². The Kier molecular flexibility index (Phi) is 5.12. The molecule has 5 rings (SSSR count). The van der Waals surface area contributed by atoms with Crippen LogP contribution in [0.1, 0.15) is 43.0 Å². The number of fused-ring (bicyclic) bond motifs is 1. The van der Waals surface area contributed by atoms with Crippen LogP contribution in [0, 0.1) is 11.8 Å². The number of carbonyl (C=O) groups excluding carboxylic acids is 2. The van der Waals surface area contributed by atoms with Gasteiger partial charge in [-0.3, -0.25) is 9.59 Å². The molecule has 2 aliphatic carbocycles. The molecule has 2 fully saturated rings. The van der Waals surface area contributed by atoms with Gasteiger partial charge in [0, 0.05) is 38.0 Å². The van der Waals surface area contributed by atoms with Crippen LogP contribution >= 0.6 is 11.3 Å². The Morgan fingerprint density at radius 1 is 0.931 bits per heavy atom. The van der Waals surface area contributed by atoms with E-state index in [-0.39, 0.29) is 23.7 Å². The maximum absolute atomic E-state index is 13.4. The Balaban J connectivity index is 1.28. The smallest absolute Gasteiger partial charge is 0.226 e. The molecule has 0 spiro atoms. The minimum atomic E-state index is -0.0468. The Hall–Kier alpha value is -2.21. The lowest BCUT2D eigenvalue weighted by Gasteiger charge is -2.40. The lowest BCUT2D eigenvalue weighted by molar-refractivity contribution is -0.146. The normalized spacial score (nSPS) is 25.2. The Morgan fingerprint density at radius 2 is 1.62 bits per heavy atom. The molecule has 152 valence electrons. The zero-order valence-corrected chi connectivity index (χ0v) is 17.4. The van der Waals surface area contributed by atoms with E-state index in [9.17, 15) is 9.59 Å². The van der Waals surface area contributed by atoms with Crippen molar-refractivity contribution in [2.24, 2.45) is 11.8 Å². The molecular weight excluding hydrogens is 382 g/mol. The molecule has 2 unspecified atom stereocenters. The molecule has 1 saturated carbocycles. The van der Waals surface area contributed by atoms with Gasteiger partial charge in [-0.15, -0.1) is 11.3 Å². The molecule has 2 amide bonds. The highest BCUT2D eigenvalue weighted by Crippen LogP contribution is 2.39. The minimum Gasteiger partial charge on any atom is -0.339 e. The second-order valence-corrected chi connectivity index (χ2v) is 9.52. The summed E-state index contributed by atoms with van der Waals surface area (Å²) < 4.78 is 1.19. The summed E-state index contributed by atoms with van der Waals surface area (Å²) >= 11 is 1.72. The third kappa shape index (κ3) is 3.59. The van der Waals surface area contributed by atoms with Crippen molar-refractivity contribution in [3.8, 4) is 0 Å². The number of para-hydroxylation sites is 1. The monoisotopic (exact) mass is 409 g/mol. The molecule has 2 heterocycles. The zero-order chi connectivity index (χ0) is 19.8. The Bertz CT molecular complexity index is 908. The van der Waals surface area contributed by atoms with Crippen LogP contribution < -0.4 is 0 Å². The fourth-order valence-electron chi connectivity index (χ4n) is 4.70. The van der Waals surface area contributed by atoms with Crippen LogP contribution in [0.25, 0.3) is 10.2 Å². The van der Waals surface area contributed by atoms with Gasteiger partial charge in [0.1, 0.15) is 0 Å². The molecule has 6 heteroatoms. The van der Waals surface area contributed by atoms with Crippen LogP contribution in [0.2, 0.25) is 0 Å². The van der Waals surface area contributed by atoms with Gasteiger partial charge in [-0.05, 0) is 37.8 Å². The van der Waals surface area contributed by atoms with Gasteiger partial charge in [0.15, 0.2) is 0 Å². The number of aromatic nitrogens is 1. The van der Waals surface area contributed by atoms with E-state index >= 15 is 0 Å². The van der Waals surface area contributed by atoms with Crippen LogP contribution in [-0.2, 0) is 9.59 Å². The van der Waals surface area contributed by atoms with E-state index in [1.54, 1.807) is 11.3 Å². The number of rotatable bonds is 3. The van der Waals surface area contributed by atoms with Gasteiger partial charge >= 0.3 is 0 Å². The van der Waals surface area contributed by atoms with E-state index in [0.29, 0.717) is 32.1 Å². The number of hydrogen-bond acceptors (Lipinski definition) is 4. The molecule has 1 saturated heterocycles. The van der Waals surface area contributed by atoms with Crippen LogP contribution in [0.15, 0.2) is 36.4 Å². The highest BCUT2D eigenvalue weighted by atomic mass is 32.1. The number of amides is 2. The van der Waals surface area contributed by atoms with E-state index in [1.807, 2.05) is 28.0 Å². The first kappa shape index (κ1) is 18.8. The fraction of sp³-hybridized carbons (Fsp3) is 0.522. The number of hydrogen-bond donors (Lipinski definition) is 0. The van der Waals surface area contributed by atoms with Crippen LogP contribution in [0.5, 0.6) is 0 Å². The topological polar surface area (TPSA) is 53.5 Å². The van der Waals surface area contributed by atoms with Gasteiger partial charge in [0.2, 0.25) is 11.8 Å². The molecule has 5 nitrogen and oxygen atoms in total. The molecule has 3 aliphatic rings. The molecule has 0 radical (unpaired) electrons. The van der Waals surface area contributed by atoms with E-state index in [4.69, 9.17) is 4.98 Å². The summed E-state index contributed by atoms with van der Waals surface area (Å²) in [6.45, 7) is 2.67. The van der Waals surface area contributed by atoms with Crippen LogP contribution in [0.4, 0.5) is 0 Å². The molecule has 2 atom stereocenters. The summed E-state index contributed by atoms with van der Waals surface area (Å²) in [6, 6.07) is 8.20. The van der Waals surface area contributed by atoms with Gasteiger partial charge in [0.25, 0.3) is 0 Å².